The molecule has 0 spiro atoms. The van der Waals surface area contributed by atoms with Crippen LogP contribution in [0.4, 0.5) is 0 Å². The second-order valence-electron chi connectivity index (χ2n) is 2.39. The van der Waals surface area contributed by atoms with E-state index in [1.165, 1.54) is 39.2 Å². The van der Waals surface area contributed by atoms with Crippen LogP contribution in [-0.4, -0.2) is 13.6 Å². The molecule has 0 fully saturated rings. The van der Waals surface area contributed by atoms with Gasteiger partial charge >= 0.3 is 0 Å². The lowest BCUT2D eigenvalue weighted by atomic mass is 10.2. The average molecular weight is 197 g/mol. The van der Waals surface area contributed by atoms with Gasteiger partial charge in [-0.25, -0.2) is 0 Å². The zero-order chi connectivity index (χ0) is 8.95. The van der Waals surface area contributed by atoms with Crippen LogP contribution >= 0.6 is 12.4 Å². The first-order valence-corrected chi connectivity index (χ1v) is 4.29. The molecule has 76 valence electrons. The lowest BCUT2D eigenvalue weighted by molar-refractivity contribution is -0.126. The minimum Gasteiger partial charge on any atom is -0.471 e. The highest BCUT2D eigenvalue weighted by Crippen LogP contribution is 2.00. The van der Waals surface area contributed by atoms with Crippen LogP contribution in [0.25, 0.3) is 0 Å². The molecule has 0 saturated heterocycles. The molecule has 0 heterocycles. The van der Waals surface area contributed by atoms with E-state index in [1.54, 1.807) is 0 Å². The van der Waals surface area contributed by atoms with E-state index in [0.717, 1.165) is 0 Å². The maximum atomic E-state index is 8.95. The SMILES string of the molecule is CCCCCCC.COC=O.Cl. The van der Waals surface area contributed by atoms with Crippen molar-refractivity contribution in [3.8, 4) is 0 Å². The fraction of sp³-hybridized carbons (Fsp3) is 0.889. The molecule has 3 heteroatoms. The molecule has 0 aliphatic heterocycles. The number of unbranched alkanes of at least 4 members (excludes halogenated alkanes) is 4. The van der Waals surface area contributed by atoms with Crippen molar-refractivity contribution in [1.82, 2.24) is 0 Å². The summed E-state index contributed by atoms with van der Waals surface area (Å²) in [4.78, 5) is 8.95. The van der Waals surface area contributed by atoms with Crippen molar-refractivity contribution in [2.45, 2.75) is 46.0 Å². The topological polar surface area (TPSA) is 26.3 Å². The van der Waals surface area contributed by atoms with E-state index >= 15 is 0 Å². The van der Waals surface area contributed by atoms with Gasteiger partial charge in [-0.05, 0) is 0 Å². The maximum absolute atomic E-state index is 8.95. The normalized spacial score (nSPS) is 7.25. The van der Waals surface area contributed by atoms with Crippen LogP contribution in [0, 0.1) is 0 Å². The summed E-state index contributed by atoms with van der Waals surface area (Å²) in [6.45, 7) is 4.87. The van der Waals surface area contributed by atoms with E-state index in [2.05, 4.69) is 18.6 Å². The van der Waals surface area contributed by atoms with Gasteiger partial charge in [0.2, 0.25) is 0 Å². The maximum Gasteiger partial charge on any atom is 0.292 e. The van der Waals surface area contributed by atoms with Gasteiger partial charge in [-0.3, -0.25) is 4.79 Å². The molecule has 0 N–H and O–H groups in total. The summed E-state index contributed by atoms with van der Waals surface area (Å²) in [5.74, 6) is 0. The van der Waals surface area contributed by atoms with Gasteiger partial charge in [0.05, 0.1) is 7.11 Å². The van der Waals surface area contributed by atoms with Crippen LogP contribution in [-0.2, 0) is 9.53 Å². The lowest BCUT2D eigenvalue weighted by Gasteiger charge is -1.90. The van der Waals surface area contributed by atoms with Gasteiger partial charge in [-0.1, -0.05) is 46.0 Å². The third-order valence-corrected chi connectivity index (χ3v) is 1.30. The van der Waals surface area contributed by atoms with E-state index in [1.807, 2.05) is 0 Å². The molecule has 0 saturated carbocycles. The standard InChI is InChI=1S/C7H16.C2H4O2.ClH/c1-3-5-7-6-4-2;1-4-2-3;/h3-7H2,1-2H3;2H,1H3;1H. The van der Waals surface area contributed by atoms with Gasteiger partial charge < -0.3 is 4.74 Å². The molecular weight excluding hydrogens is 176 g/mol. The van der Waals surface area contributed by atoms with Gasteiger partial charge in [0.25, 0.3) is 6.47 Å². The van der Waals surface area contributed by atoms with Gasteiger partial charge in [-0.2, -0.15) is 0 Å². The van der Waals surface area contributed by atoms with Crippen LogP contribution in [0.1, 0.15) is 46.0 Å². The minimum absolute atomic E-state index is 0. The molecule has 12 heavy (non-hydrogen) atoms. The Morgan fingerprint density at radius 1 is 1.08 bits per heavy atom. The molecule has 2 nitrogen and oxygen atoms in total. The van der Waals surface area contributed by atoms with Crippen molar-refractivity contribution >= 4 is 18.9 Å². The van der Waals surface area contributed by atoms with Crippen molar-refractivity contribution in [2.75, 3.05) is 7.11 Å². The summed E-state index contributed by atoms with van der Waals surface area (Å²) in [6.07, 6.45) is 7.01. The quantitative estimate of drug-likeness (QED) is 0.499. The number of halogens is 1. The fourth-order valence-electron chi connectivity index (χ4n) is 0.677. The van der Waals surface area contributed by atoms with Crippen molar-refractivity contribution in [1.29, 1.82) is 0 Å². The zero-order valence-electron chi connectivity index (χ0n) is 8.34. The van der Waals surface area contributed by atoms with E-state index in [4.69, 9.17) is 4.79 Å². The Hall–Kier alpha value is -0.240. The summed E-state index contributed by atoms with van der Waals surface area (Å²) in [7, 11) is 1.31. The zero-order valence-corrected chi connectivity index (χ0v) is 9.15. The summed E-state index contributed by atoms with van der Waals surface area (Å²) >= 11 is 0. The van der Waals surface area contributed by atoms with E-state index in [0.29, 0.717) is 6.47 Å². The summed E-state index contributed by atoms with van der Waals surface area (Å²) in [6, 6.07) is 0. The Balaban J connectivity index is -0.000000142. The molecule has 0 bridgehead atoms. The van der Waals surface area contributed by atoms with Crippen molar-refractivity contribution in [3.05, 3.63) is 0 Å². The van der Waals surface area contributed by atoms with Crippen LogP contribution < -0.4 is 0 Å². The number of hydrogen-bond donors (Lipinski definition) is 0. The van der Waals surface area contributed by atoms with Gasteiger partial charge in [-0.15, -0.1) is 12.4 Å². The fourth-order valence-corrected chi connectivity index (χ4v) is 0.677. The van der Waals surface area contributed by atoms with Gasteiger partial charge in [0.15, 0.2) is 0 Å². The highest BCUT2D eigenvalue weighted by molar-refractivity contribution is 5.85. The second-order valence-corrected chi connectivity index (χ2v) is 2.39. The minimum atomic E-state index is 0. The molecule has 0 aromatic heterocycles. The summed E-state index contributed by atoms with van der Waals surface area (Å²) in [5.41, 5.74) is 0. The first kappa shape index (κ1) is 17.7. The number of rotatable bonds is 5. The third kappa shape index (κ3) is 33.1. The molecule has 0 amide bonds. The number of methoxy groups -OCH3 is 1. The Morgan fingerprint density at radius 3 is 1.58 bits per heavy atom. The van der Waals surface area contributed by atoms with Crippen LogP contribution in [0.3, 0.4) is 0 Å². The van der Waals surface area contributed by atoms with Crippen LogP contribution in [0.2, 0.25) is 0 Å². The van der Waals surface area contributed by atoms with Crippen molar-refractivity contribution in [2.24, 2.45) is 0 Å². The number of carbonyl (C=O) groups excluding carboxylic acids is 1. The van der Waals surface area contributed by atoms with Crippen LogP contribution in [0.15, 0.2) is 0 Å². The lowest BCUT2D eigenvalue weighted by Crippen LogP contribution is -1.70. The van der Waals surface area contributed by atoms with E-state index in [9.17, 15) is 0 Å². The molecule has 0 aromatic carbocycles. The summed E-state index contributed by atoms with van der Waals surface area (Å²) < 4.78 is 3.86. The Labute approximate surface area is 82.1 Å². The van der Waals surface area contributed by atoms with Crippen molar-refractivity contribution in [3.63, 3.8) is 0 Å². The molecular formula is C9H21ClO2. The average Bonchev–Trinajstić information content (AvgIpc) is 2.06. The largest absolute Gasteiger partial charge is 0.471 e. The smallest absolute Gasteiger partial charge is 0.292 e. The summed E-state index contributed by atoms with van der Waals surface area (Å²) in [5, 5.41) is 0. The number of ether oxygens (including phenoxy) is 1. The van der Waals surface area contributed by atoms with Gasteiger partial charge in [0, 0.05) is 0 Å². The predicted molar refractivity (Wildman–Crippen MR) is 54.8 cm³/mol. The first-order chi connectivity index (χ1) is 5.33. The first-order valence-electron chi connectivity index (χ1n) is 4.29. The highest BCUT2D eigenvalue weighted by Gasteiger charge is 1.80. The number of hydrogen-bond acceptors (Lipinski definition) is 2. The molecule has 0 aromatic rings. The Bertz CT molecular complexity index is 63.5. The molecule has 0 radical (unpaired) electrons. The molecule has 0 atom stereocenters. The van der Waals surface area contributed by atoms with E-state index < -0.39 is 0 Å². The second kappa shape index (κ2) is 22.4. The molecule has 0 rings (SSSR count). The van der Waals surface area contributed by atoms with Crippen molar-refractivity contribution < 1.29 is 9.53 Å². The van der Waals surface area contributed by atoms with Gasteiger partial charge in [0.1, 0.15) is 0 Å². The van der Waals surface area contributed by atoms with E-state index in [-0.39, 0.29) is 12.4 Å². The molecule has 0 aliphatic rings. The Kier molecular flexibility index (Phi) is 33.2. The molecule has 0 aliphatic carbocycles. The monoisotopic (exact) mass is 196 g/mol. The van der Waals surface area contributed by atoms with Crippen LogP contribution in [0.5, 0.6) is 0 Å². The Morgan fingerprint density at radius 2 is 1.42 bits per heavy atom. The molecule has 0 unspecified atom stereocenters. The highest BCUT2D eigenvalue weighted by atomic mass is 35.5. The predicted octanol–water partition coefficient (Wildman–Crippen LogP) is 3.19. The number of carbonyl (C=O) groups is 1. The third-order valence-electron chi connectivity index (χ3n) is 1.30.